The van der Waals surface area contributed by atoms with Crippen molar-refractivity contribution < 1.29 is 8.42 Å². The molecule has 44 valence electrons. The van der Waals surface area contributed by atoms with E-state index in [-0.39, 0.29) is 4.77 Å². The molecule has 1 rings (SSSR count). The van der Waals surface area contributed by atoms with Gasteiger partial charge in [-0.15, -0.1) is 0 Å². The van der Waals surface area contributed by atoms with Crippen molar-refractivity contribution in [3.05, 3.63) is 17.2 Å². The van der Waals surface area contributed by atoms with E-state index < -0.39 is 10.3 Å². The van der Waals surface area contributed by atoms with E-state index in [0.29, 0.717) is 0 Å². The smallest absolute Gasteiger partial charge is 0.255 e. The highest BCUT2D eigenvalue weighted by molar-refractivity contribution is 7.63. The second kappa shape index (κ2) is 1.87. The summed E-state index contributed by atoms with van der Waals surface area (Å²) in [7, 11) is -2.16. The number of H-pyrrole nitrogens is 2. The van der Waals surface area contributed by atoms with Crippen molar-refractivity contribution >= 4 is 10.3 Å². The van der Waals surface area contributed by atoms with Crippen LogP contribution in [0.4, 0.5) is 0 Å². The molecular formula is C3H4N2O2S. The minimum Gasteiger partial charge on any atom is -0.334 e. The van der Waals surface area contributed by atoms with Crippen LogP contribution in [-0.4, -0.2) is 18.4 Å². The number of nitrogens with one attached hydrogen (secondary N) is 2. The van der Waals surface area contributed by atoms with Gasteiger partial charge in [0.25, 0.3) is 10.3 Å². The summed E-state index contributed by atoms with van der Waals surface area (Å²) in [4.78, 5) is 4.94. The Balaban J connectivity index is 3.78. The van der Waals surface area contributed by atoms with Gasteiger partial charge in [0.15, 0.2) is 0 Å². The van der Waals surface area contributed by atoms with Crippen LogP contribution in [0.15, 0.2) is 12.4 Å². The van der Waals surface area contributed by atoms with Crippen molar-refractivity contribution in [1.82, 2.24) is 9.97 Å². The van der Waals surface area contributed by atoms with Crippen LogP contribution in [0.3, 0.4) is 0 Å². The number of imidazole rings is 1. The van der Waals surface area contributed by atoms with Crippen LogP contribution in [0.2, 0.25) is 0 Å². The molecule has 4 nitrogen and oxygen atoms in total. The zero-order chi connectivity index (χ0) is 5.98. The fraction of sp³-hybridized carbons (Fsp3) is 0. The molecule has 1 aromatic heterocycles. The van der Waals surface area contributed by atoms with Crippen molar-refractivity contribution in [2.75, 3.05) is 0 Å². The molecule has 8 heavy (non-hydrogen) atoms. The fourth-order valence-electron chi connectivity index (χ4n) is 0.373. The maximum Gasteiger partial charge on any atom is 0.255 e. The first-order valence-electron chi connectivity index (χ1n) is 1.95. The van der Waals surface area contributed by atoms with Gasteiger partial charge in [-0.3, -0.25) is 0 Å². The molecule has 0 aliphatic rings. The van der Waals surface area contributed by atoms with Gasteiger partial charge in [-0.05, 0) is 0 Å². The van der Waals surface area contributed by atoms with Gasteiger partial charge in [-0.2, -0.15) is 8.42 Å². The zero-order valence-corrected chi connectivity index (χ0v) is 4.70. The van der Waals surface area contributed by atoms with Gasteiger partial charge < -0.3 is 9.97 Å². The van der Waals surface area contributed by atoms with Gasteiger partial charge >= 0.3 is 0 Å². The predicted molar refractivity (Wildman–Crippen MR) is 27.3 cm³/mol. The quantitative estimate of drug-likeness (QED) is 0.478. The molecule has 1 aromatic rings. The van der Waals surface area contributed by atoms with E-state index in [9.17, 15) is 8.42 Å². The Bertz CT molecular complexity index is 292. The van der Waals surface area contributed by atoms with Crippen LogP contribution >= 0.6 is 0 Å². The summed E-state index contributed by atoms with van der Waals surface area (Å²) in [5.74, 6) is 0. The number of aromatic nitrogens is 2. The summed E-state index contributed by atoms with van der Waals surface area (Å²) in [6.07, 6.45) is 3.01. The lowest BCUT2D eigenvalue weighted by Crippen LogP contribution is -1.67. The second-order valence-electron chi connectivity index (χ2n) is 1.19. The Labute approximate surface area is 46.7 Å². The molecule has 0 fully saturated rings. The molecule has 0 amide bonds. The number of hydrogen-bond donors (Lipinski definition) is 2. The largest absolute Gasteiger partial charge is 0.334 e. The molecule has 0 radical (unpaired) electrons. The zero-order valence-electron chi connectivity index (χ0n) is 3.88. The fourth-order valence-corrected chi connectivity index (χ4v) is 0.701. The summed E-state index contributed by atoms with van der Waals surface area (Å²) in [6, 6.07) is 0. The van der Waals surface area contributed by atoms with Gasteiger partial charge in [0.05, 0.1) is 0 Å². The minimum absolute atomic E-state index is 0.102. The highest BCUT2D eigenvalue weighted by atomic mass is 32.2. The molecule has 0 aromatic carbocycles. The van der Waals surface area contributed by atoms with Crippen molar-refractivity contribution in [3.63, 3.8) is 0 Å². The number of hydrogen-bond acceptors (Lipinski definition) is 2. The Morgan fingerprint density at radius 1 is 1.25 bits per heavy atom. The molecule has 0 aliphatic carbocycles. The van der Waals surface area contributed by atoms with Gasteiger partial charge in [0.1, 0.15) is 0 Å². The van der Waals surface area contributed by atoms with Gasteiger partial charge in [-0.1, -0.05) is 0 Å². The summed E-state index contributed by atoms with van der Waals surface area (Å²) in [6.45, 7) is 0. The third kappa shape index (κ3) is 0.812. The van der Waals surface area contributed by atoms with E-state index in [1.165, 1.54) is 12.4 Å². The van der Waals surface area contributed by atoms with E-state index in [2.05, 4.69) is 9.97 Å². The van der Waals surface area contributed by atoms with Crippen molar-refractivity contribution in [3.8, 4) is 0 Å². The first-order valence-corrected chi connectivity index (χ1v) is 3.02. The maximum atomic E-state index is 10.00. The van der Waals surface area contributed by atoms with E-state index in [0.717, 1.165) is 0 Å². The highest BCUT2D eigenvalue weighted by Gasteiger charge is 1.75. The Morgan fingerprint density at radius 2 is 1.75 bits per heavy atom. The third-order valence-electron chi connectivity index (χ3n) is 0.679. The van der Waals surface area contributed by atoms with Crippen LogP contribution in [-0.2, 0) is 10.3 Å². The van der Waals surface area contributed by atoms with E-state index in [4.69, 9.17) is 0 Å². The lowest BCUT2D eigenvalue weighted by molar-refractivity contribution is 0.623. The van der Waals surface area contributed by atoms with Crippen molar-refractivity contribution in [2.45, 2.75) is 0 Å². The number of aromatic amines is 2. The van der Waals surface area contributed by atoms with Gasteiger partial charge in [-0.25, -0.2) is 0 Å². The van der Waals surface area contributed by atoms with Crippen molar-refractivity contribution in [1.29, 1.82) is 0 Å². The topological polar surface area (TPSA) is 65.7 Å². The van der Waals surface area contributed by atoms with Gasteiger partial charge in [0, 0.05) is 12.4 Å². The monoisotopic (exact) mass is 132 g/mol. The average Bonchev–Trinajstić information content (AvgIpc) is 2.12. The molecule has 0 atom stereocenters. The third-order valence-corrected chi connectivity index (χ3v) is 1.25. The number of rotatable bonds is 0. The highest BCUT2D eigenvalue weighted by Crippen LogP contribution is 1.70. The first-order chi connectivity index (χ1) is 3.80. The lowest BCUT2D eigenvalue weighted by Gasteiger charge is -1.58. The molecule has 2 N–H and O–H groups in total. The summed E-state index contributed by atoms with van der Waals surface area (Å²) >= 11 is 0. The predicted octanol–water partition coefficient (Wildman–Crippen LogP) is -0.246. The van der Waals surface area contributed by atoms with E-state index in [1.807, 2.05) is 0 Å². The van der Waals surface area contributed by atoms with Crippen LogP contribution in [0.5, 0.6) is 0 Å². The molecule has 5 heteroatoms. The van der Waals surface area contributed by atoms with Crippen molar-refractivity contribution in [2.24, 2.45) is 0 Å². The van der Waals surface area contributed by atoms with E-state index in [1.54, 1.807) is 0 Å². The molecule has 0 saturated carbocycles. The normalized spacial score (nSPS) is 9.00. The van der Waals surface area contributed by atoms with Crippen LogP contribution in [0.1, 0.15) is 0 Å². The maximum absolute atomic E-state index is 10.00. The molecule has 0 aliphatic heterocycles. The molecule has 0 bridgehead atoms. The standard InChI is InChI=1S/C3H4N2O2S/c6-8(7)3-4-1-2-5-3/h1-2,4-5H. The summed E-state index contributed by atoms with van der Waals surface area (Å²) in [5.41, 5.74) is 0. The molecule has 0 unspecified atom stereocenters. The summed E-state index contributed by atoms with van der Waals surface area (Å²) < 4.78 is 20.1. The lowest BCUT2D eigenvalue weighted by atomic mass is 11.0. The molecule has 1 heterocycles. The molecule has 0 saturated heterocycles. The summed E-state index contributed by atoms with van der Waals surface area (Å²) in [5, 5.41) is 0. The minimum atomic E-state index is -2.16. The van der Waals surface area contributed by atoms with Crippen LogP contribution in [0.25, 0.3) is 0 Å². The van der Waals surface area contributed by atoms with Crippen LogP contribution in [0, 0.1) is 4.77 Å². The Morgan fingerprint density at radius 3 is 2.00 bits per heavy atom. The SMILES string of the molecule is O=S(=O)=c1[nH]cc[nH]1. The Hall–Kier alpha value is -0.970. The van der Waals surface area contributed by atoms with Gasteiger partial charge in [0.2, 0.25) is 4.77 Å². The molecular weight excluding hydrogens is 128 g/mol. The first kappa shape index (κ1) is 5.17. The van der Waals surface area contributed by atoms with Crippen LogP contribution < -0.4 is 0 Å². The molecule has 0 spiro atoms. The second-order valence-corrected chi connectivity index (χ2v) is 2.06. The van der Waals surface area contributed by atoms with E-state index >= 15 is 0 Å². The average molecular weight is 132 g/mol. The Kier molecular flexibility index (Phi) is 1.21.